The molecule has 0 bridgehead atoms. The summed E-state index contributed by atoms with van der Waals surface area (Å²) in [4.78, 5) is 2.61. The van der Waals surface area contributed by atoms with Crippen molar-refractivity contribution in [2.24, 2.45) is 5.11 Å². The molecule has 0 aliphatic rings. The van der Waals surface area contributed by atoms with Gasteiger partial charge in [-0.2, -0.15) is 0 Å². The number of ether oxygens (including phenoxy) is 3. The van der Waals surface area contributed by atoms with Gasteiger partial charge in [-0.3, -0.25) is 5.32 Å². The number of hydrogen-bond donors (Lipinski definition) is 1. The Labute approximate surface area is 89.3 Å². The maximum atomic E-state index is 7.97. The molecule has 0 fully saturated rings. The van der Waals surface area contributed by atoms with Crippen LogP contribution >= 0.6 is 0 Å². The molecule has 0 aromatic heterocycles. The van der Waals surface area contributed by atoms with Crippen LogP contribution < -0.4 is 5.32 Å². The summed E-state index contributed by atoms with van der Waals surface area (Å²) in [5.41, 5.74) is 7.97. The lowest BCUT2D eigenvalue weighted by Crippen LogP contribution is -2.24. The van der Waals surface area contributed by atoms with Crippen molar-refractivity contribution in [3.63, 3.8) is 0 Å². The van der Waals surface area contributed by atoms with Gasteiger partial charge in [0.05, 0.1) is 33.2 Å². The molecule has 0 spiro atoms. The number of hydrogen-bond acceptors (Lipinski definition) is 5. The van der Waals surface area contributed by atoms with Gasteiger partial charge in [0.1, 0.15) is 0 Å². The van der Waals surface area contributed by atoms with E-state index in [-0.39, 0.29) is 0 Å². The molecule has 7 nitrogen and oxygen atoms in total. The Balaban J connectivity index is 2.89. The van der Waals surface area contributed by atoms with Gasteiger partial charge in [0.15, 0.2) is 0 Å². The molecule has 0 atom stereocenters. The minimum atomic E-state index is 0.376. The van der Waals surface area contributed by atoms with Gasteiger partial charge in [-0.15, -0.1) is 0 Å². The molecule has 0 aliphatic carbocycles. The third kappa shape index (κ3) is 13.2. The second kappa shape index (κ2) is 13.2. The molecule has 0 saturated heterocycles. The highest BCUT2D eigenvalue weighted by Crippen LogP contribution is 1.77. The van der Waals surface area contributed by atoms with E-state index in [2.05, 4.69) is 15.3 Å². The van der Waals surface area contributed by atoms with Gasteiger partial charge >= 0.3 is 0 Å². The molecule has 7 heteroatoms. The second-order valence-corrected chi connectivity index (χ2v) is 2.61. The van der Waals surface area contributed by atoms with Crippen LogP contribution in [0.4, 0.5) is 0 Å². The normalized spacial score (nSPS) is 9.93. The van der Waals surface area contributed by atoms with E-state index in [9.17, 15) is 0 Å². The second-order valence-electron chi connectivity index (χ2n) is 2.61. The van der Waals surface area contributed by atoms with Crippen LogP contribution in [0.25, 0.3) is 10.4 Å². The number of rotatable bonds is 11. The van der Waals surface area contributed by atoms with E-state index < -0.39 is 0 Å². The fourth-order valence-electron chi connectivity index (χ4n) is 0.755. The molecule has 0 radical (unpaired) electrons. The van der Waals surface area contributed by atoms with Crippen molar-refractivity contribution in [2.75, 3.05) is 53.4 Å². The van der Waals surface area contributed by atoms with Crippen LogP contribution in [0.1, 0.15) is 0 Å². The fraction of sp³-hybridized carbons (Fsp3) is 1.00. The third-order valence-corrected chi connectivity index (χ3v) is 1.46. The summed E-state index contributed by atoms with van der Waals surface area (Å²) in [7, 11) is 1.63. The monoisotopic (exact) mass is 218 g/mol. The van der Waals surface area contributed by atoms with Crippen molar-refractivity contribution in [1.82, 2.24) is 5.32 Å². The molecule has 1 N–H and O–H groups in total. The van der Waals surface area contributed by atoms with E-state index in [1.807, 2.05) is 0 Å². The first-order valence-electron chi connectivity index (χ1n) is 4.77. The Kier molecular flexibility index (Phi) is 12.4. The summed E-state index contributed by atoms with van der Waals surface area (Å²) >= 11 is 0. The SMILES string of the molecule is COCCOCNCCOCCN=[N+]=[N-]. The van der Waals surface area contributed by atoms with Crippen LogP contribution in [-0.2, 0) is 14.2 Å². The highest BCUT2D eigenvalue weighted by atomic mass is 16.5. The minimum Gasteiger partial charge on any atom is -0.382 e. The van der Waals surface area contributed by atoms with Crippen LogP contribution in [0.15, 0.2) is 5.11 Å². The predicted octanol–water partition coefficient (Wildman–Crippen LogP) is 0.523. The van der Waals surface area contributed by atoms with Crippen LogP contribution in [-0.4, -0.2) is 53.4 Å². The van der Waals surface area contributed by atoms with E-state index >= 15 is 0 Å². The van der Waals surface area contributed by atoms with Crippen molar-refractivity contribution in [3.8, 4) is 0 Å². The van der Waals surface area contributed by atoms with Crippen LogP contribution in [0.5, 0.6) is 0 Å². The standard InChI is InChI=1S/C8H18N4O3/c1-13-6-7-15-8-10-2-4-14-5-3-11-12-9/h10H,2-8H2,1H3. The Morgan fingerprint density at radius 2 is 2.07 bits per heavy atom. The van der Waals surface area contributed by atoms with Gasteiger partial charge in [0.25, 0.3) is 0 Å². The zero-order valence-corrected chi connectivity index (χ0v) is 9.02. The summed E-state index contributed by atoms with van der Waals surface area (Å²) < 4.78 is 15.1. The number of methoxy groups -OCH3 is 1. The van der Waals surface area contributed by atoms with Gasteiger partial charge in [-0.05, 0) is 5.53 Å². The van der Waals surface area contributed by atoms with E-state index in [4.69, 9.17) is 19.7 Å². The van der Waals surface area contributed by atoms with E-state index in [0.717, 1.165) is 0 Å². The van der Waals surface area contributed by atoms with Gasteiger partial charge in [-0.1, -0.05) is 5.11 Å². The van der Waals surface area contributed by atoms with Gasteiger partial charge in [-0.25, -0.2) is 0 Å². The highest BCUT2D eigenvalue weighted by molar-refractivity contribution is 4.45. The van der Waals surface area contributed by atoms with Crippen molar-refractivity contribution >= 4 is 0 Å². The maximum absolute atomic E-state index is 7.97. The number of azide groups is 1. The van der Waals surface area contributed by atoms with E-state index in [0.29, 0.717) is 46.2 Å². The molecular weight excluding hydrogens is 200 g/mol. The summed E-state index contributed by atoms with van der Waals surface area (Å²) in [6, 6.07) is 0. The molecule has 88 valence electrons. The Bertz CT molecular complexity index is 173. The first-order valence-corrected chi connectivity index (χ1v) is 4.77. The molecule has 0 rings (SSSR count). The third-order valence-electron chi connectivity index (χ3n) is 1.46. The largest absolute Gasteiger partial charge is 0.382 e. The van der Waals surface area contributed by atoms with Crippen LogP contribution in [0, 0.1) is 0 Å². The zero-order valence-electron chi connectivity index (χ0n) is 9.02. The molecular formula is C8H18N4O3. The van der Waals surface area contributed by atoms with Crippen molar-refractivity contribution in [1.29, 1.82) is 0 Å². The minimum absolute atomic E-state index is 0.376. The summed E-state index contributed by atoms with van der Waals surface area (Å²) in [6.45, 7) is 3.80. The van der Waals surface area contributed by atoms with Gasteiger partial charge in [0, 0.05) is 25.1 Å². The lowest BCUT2D eigenvalue weighted by molar-refractivity contribution is 0.0558. The average molecular weight is 218 g/mol. The molecule has 0 unspecified atom stereocenters. The quantitative estimate of drug-likeness (QED) is 0.180. The van der Waals surface area contributed by atoms with Crippen LogP contribution in [0.3, 0.4) is 0 Å². The Morgan fingerprint density at radius 3 is 2.80 bits per heavy atom. The fourth-order valence-corrected chi connectivity index (χ4v) is 0.755. The van der Waals surface area contributed by atoms with Crippen molar-refractivity contribution in [2.45, 2.75) is 0 Å². The summed E-state index contributed by atoms with van der Waals surface area (Å²) in [6.07, 6.45) is 0. The first-order chi connectivity index (χ1) is 7.41. The molecule has 0 aromatic rings. The molecule has 0 amide bonds. The molecule has 0 heterocycles. The predicted molar refractivity (Wildman–Crippen MR) is 55.5 cm³/mol. The molecule has 15 heavy (non-hydrogen) atoms. The van der Waals surface area contributed by atoms with Gasteiger partial charge < -0.3 is 14.2 Å². The van der Waals surface area contributed by atoms with Crippen LogP contribution in [0.2, 0.25) is 0 Å². The first kappa shape index (κ1) is 14.2. The Morgan fingerprint density at radius 1 is 1.20 bits per heavy atom. The summed E-state index contributed by atoms with van der Waals surface area (Å²) in [5.74, 6) is 0. The molecule has 0 aromatic carbocycles. The molecule has 0 aliphatic heterocycles. The van der Waals surface area contributed by atoms with E-state index in [1.165, 1.54) is 0 Å². The lowest BCUT2D eigenvalue weighted by atomic mass is 10.6. The summed E-state index contributed by atoms with van der Waals surface area (Å²) in [5, 5.41) is 6.37. The zero-order chi connectivity index (χ0) is 11.2. The van der Waals surface area contributed by atoms with Crippen molar-refractivity contribution in [3.05, 3.63) is 10.4 Å². The van der Waals surface area contributed by atoms with Gasteiger partial charge in [0.2, 0.25) is 0 Å². The smallest absolute Gasteiger partial charge is 0.0967 e. The highest BCUT2D eigenvalue weighted by Gasteiger charge is 1.89. The molecule has 0 saturated carbocycles. The number of nitrogens with zero attached hydrogens (tertiary/aromatic N) is 3. The van der Waals surface area contributed by atoms with Crippen molar-refractivity contribution < 1.29 is 14.2 Å². The topological polar surface area (TPSA) is 88.5 Å². The number of nitrogens with one attached hydrogen (secondary N) is 1. The lowest BCUT2D eigenvalue weighted by Gasteiger charge is -2.05. The van der Waals surface area contributed by atoms with E-state index in [1.54, 1.807) is 7.11 Å². The maximum Gasteiger partial charge on any atom is 0.0967 e. The Hall–Kier alpha value is -0.850. The average Bonchev–Trinajstić information content (AvgIpc) is 2.26.